The summed E-state index contributed by atoms with van der Waals surface area (Å²) < 4.78 is 4.36. The molecule has 1 aromatic rings. The highest BCUT2D eigenvalue weighted by Gasteiger charge is 2.24. The van der Waals surface area contributed by atoms with Crippen molar-refractivity contribution < 1.29 is 24.2 Å². The van der Waals surface area contributed by atoms with Gasteiger partial charge >= 0.3 is 11.9 Å². The average molecular weight is 320 g/mol. The van der Waals surface area contributed by atoms with Gasteiger partial charge in [0.05, 0.1) is 13.5 Å². The maximum atomic E-state index is 11.9. The molecule has 0 aromatic heterocycles. The van der Waals surface area contributed by atoms with Gasteiger partial charge in [-0.2, -0.15) is 0 Å². The summed E-state index contributed by atoms with van der Waals surface area (Å²) in [6.45, 7) is 0. The number of methoxy groups -OCH3 is 1. The third kappa shape index (κ3) is 4.71. The van der Waals surface area contributed by atoms with E-state index in [1.807, 2.05) is 0 Å². The van der Waals surface area contributed by atoms with Crippen LogP contribution in [0.3, 0.4) is 0 Å². The lowest BCUT2D eigenvalue weighted by molar-refractivity contribution is -0.147. The standard InChI is InChI=1S/C12H11Cl2NO5/c1-20-10(16)5-9(12(18)19)15-11(17)6-2-7(13)4-8(14)3-6/h2-4,9H,5H2,1H3,(H,15,17)(H,18,19)/t9-/m0/s1. The zero-order chi connectivity index (χ0) is 15.3. The molecule has 0 aliphatic heterocycles. The van der Waals surface area contributed by atoms with E-state index in [1.165, 1.54) is 18.2 Å². The van der Waals surface area contributed by atoms with Crippen molar-refractivity contribution in [2.24, 2.45) is 0 Å². The molecule has 0 aliphatic rings. The molecule has 1 atom stereocenters. The predicted molar refractivity (Wildman–Crippen MR) is 72.0 cm³/mol. The van der Waals surface area contributed by atoms with E-state index in [0.717, 1.165) is 7.11 Å². The van der Waals surface area contributed by atoms with Crippen LogP contribution in [0.4, 0.5) is 0 Å². The molecule has 6 nitrogen and oxygen atoms in total. The summed E-state index contributed by atoms with van der Waals surface area (Å²) >= 11 is 11.5. The Labute approximate surface area is 124 Å². The molecule has 0 unspecified atom stereocenters. The second-order valence-electron chi connectivity index (χ2n) is 3.80. The number of benzene rings is 1. The molecule has 0 heterocycles. The highest BCUT2D eigenvalue weighted by molar-refractivity contribution is 6.35. The average Bonchev–Trinajstić information content (AvgIpc) is 2.36. The molecule has 0 aliphatic carbocycles. The molecule has 1 amide bonds. The molecule has 0 spiro atoms. The minimum Gasteiger partial charge on any atom is -0.480 e. The van der Waals surface area contributed by atoms with Crippen molar-refractivity contribution >= 4 is 41.0 Å². The smallest absolute Gasteiger partial charge is 0.326 e. The number of halogens is 2. The first-order chi connectivity index (χ1) is 9.33. The minimum absolute atomic E-state index is 0.0959. The van der Waals surface area contributed by atoms with E-state index < -0.39 is 30.3 Å². The largest absolute Gasteiger partial charge is 0.480 e. The van der Waals surface area contributed by atoms with Gasteiger partial charge in [0.15, 0.2) is 0 Å². The van der Waals surface area contributed by atoms with Gasteiger partial charge in [-0.15, -0.1) is 0 Å². The number of aliphatic carboxylic acids is 1. The lowest BCUT2D eigenvalue weighted by Crippen LogP contribution is -2.42. The van der Waals surface area contributed by atoms with Crippen LogP contribution in [-0.2, 0) is 14.3 Å². The second-order valence-corrected chi connectivity index (χ2v) is 4.68. The van der Waals surface area contributed by atoms with Crippen molar-refractivity contribution in [3.63, 3.8) is 0 Å². The Bertz CT molecular complexity index is 526. The van der Waals surface area contributed by atoms with Gasteiger partial charge in [-0.3, -0.25) is 9.59 Å². The summed E-state index contributed by atoms with van der Waals surface area (Å²) in [5.74, 6) is -2.80. The van der Waals surface area contributed by atoms with E-state index in [1.54, 1.807) is 0 Å². The Morgan fingerprint density at radius 3 is 2.25 bits per heavy atom. The van der Waals surface area contributed by atoms with E-state index in [-0.39, 0.29) is 15.6 Å². The number of esters is 1. The number of carboxylic acids is 1. The fourth-order valence-corrected chi connectivity index (χ4v) is 1.90. The van der Waals surface area contributed by atoms with Crippen LogP contribution in [0.2, 0.25) is 10.0 Å². The molecule has 0 fully saturated rings. The molecule has 0 saturated carbocycles. The van der Waals surface area contributed by atoms with E-state index in [2.05, 4.69) is 10.1 Å². The SMILES string of the molecule is COC(=O)C[C@H](NC(=O)c1cc(Cl)cc(Cl)c1)C(=O)O. The van der Waals surface area contributed by atoms with Crippen LogP contribution in [0, 0.1) is 0 Å². The van der Waals surface area contributed by atoms with Crippen LogP contribution in [0.1, 0.15) is 16.8 Å². The van der Waals surface area contributed by atoms with Crippen LogP contribution in [-0.4, -0.2) is 36.1 Å². The Hall–Kier alpha value is -1.79. The van der Waals surface area contributed by atoms with Gasteiger partial charge in [0.2, 0.25) is 0 Å². The Kier molecular flexibility index (Phi) is 5.79. The van der Waals surface area contributed by atoms with Gasteiger partial charge in [0.1, 0.15) is 6.04 Å². The first kappa shape index (κ1) is 16.3. The molecule has 1 aromatic carbocycles. The number of nitrogens with one attached hydrogen (secondary N) is 1. The number of hydrogen-bond acceptors (Lipinski definition) is 4. The summed E-state index contributed by atoms with van der Waals surface area (Å²) in [5, 5.41) is 11.6. The highest BCUT2D eigenvalue weighted by atomic mass is 35.5. The number of rotatable bonds is 5. The van der Waals surface area contributed by atoms with E-state index >= 15 is 0 Å². The van der Waals surface area contributed by atoms with Crippen molar-refractivity contribution in [1.29, 1.82) is 0 Å². The third-order valence-electron chi connectivity index (χ3n) is 2.33. The van der Waals surface area contributed by atoms with Crippen molar-refractivity contribution in [3.05, 3.63) is 33.8 Å². The monoisotopic (exact) mass is 319 g/mol. The first-order valence-corrected chi connectivity index (χ1v) is 6.15. The molecule has 8 heteroatoms. The fourth-order valence-electron chi connectivity index (χ4n) is 1.38. The lowest BCUT2D eigenvalue weighted by Gasteiger charge is -2.13. The second kappa shape index (κ2) is 7.12. The predicted octanol–water partition coefficient (Wildman–Crippen LogP) is 1.74. The van der Waals surface area contributed by atoms with Gasteiger partial charge in [0.25, 0.3) is 5.91 Å². The topological polar surface area (TPSA) is 92.7 Å². The Morgan fingerprint density at radius 1 is 1.25 bits per heavy atom. The van der Waals surface area contributed by atoms with Crippen molar-refractivity contribution in [3.8, 4) is 0 Å². The summed E-state index contributed by atoms with van der Waals surface area (Å²) in [7, 11) is 1.12. The fraction of sp³-hybridized carbons (Fsp3) is 0.250. The molecule has 1 rings (SSSR count). The number of ether oxygens (including phenoxy) is 1. The summed E-state index contributed by atoms with van der Waals surface area (Å²) in [6, 6.07) is 2.70. The van der Waals surface area contributed by atoms with Crippen LogP contribution in [0.25, 0.3) is 0 Å². The number of carbonyl (C=O) groups excluding carboxylic acids is 2. The first-order valence-electron chi connectivity index (χ1n) is 5.40. The number of hydrogen-bond donors (Lipinski definition) is 2. The van der Waals surface area contributed by atoms with Gasteiger partial charge in [-0.25, -0.2) is 4.79 Å². The maximum absolute atomic E-state index is 11.9. The van der Waals surface area contributed by atoms with Gasteiger partial charge in [0, 0.05) is 15.6 Å². The zero-order valence-corrected chi connectivity index (χ0v) is 11.9. The lowest BCUT2D eigenvalue weighted by atomic mass is 10.1. The molecule has 20 heavy (non-hydrogen) atoms. The van der Waals surface area contributed by atoms with E-state index in [0.29, 0.717) is 0 Å². The van der Waals surface area contributed by atoms with Crippen molar-refractivity contribution in [2.75, 3.05) is 7.11 Å². The molecular formula is C12H11Cl2NO5. The molecule has 0 bridgehead atoms. The summed E-state index contributed by atoms with van der Waals surface area (Å²) in [4.78, 5) is 33.9. The van der Waals surface area contributed by atoms with E-state index in [9.17, 15) is 14.4 Å². The highest BCUT2D eigenvalue weighted by Crippen LogP contribution is 2.19. The molecule has 108 valence electrons. The quantitative estimate of drug-likeness (QED) is 0.806. The zero-order valence-electron chi connectivity index (χ0n) is 10.4. The normalized spacial score (nSPS) is 11.6. The van der Waals surface area contributed by atoms with Gasteiger partial charge < -0.3 is 15.2 Å². The van der Waals surface area contributed by atoms with Crippen molar-refractivity contribution in [2.45, 2.75) is 12.5 Å². The molecule has 0 radical (unpaired) electrons. The van der Waals surface area contributed by atoms with Crippen molar-refractivity contribution in [1.82, 2.24) is 5.32 Å². The molecule has 2 N–H and O–H groups in total. The van der Waals surface area contributed by atoms with Gasteiger partial charge in [-0.1, -0.05) is 23.2 Å². The van der Waals surface area contributed by atoms with Crippen LogP contribution < -0.4 is 5.32 Å². The summed E-state index contributed by atoms with van der Waals surface area (Å²) in [5.41, 5.74) is 0.0959. The van der Waals surface area contributed by atoms with E-state index in [4.69, 9.17) is 28.3 Å². The van der Waals surface area contributed by atoms with Crippen LogP contribution in [0.5, 0.6) is 0 Å². The van der Waals surface area contributed by atoms with Gasteiger partial charge in [-0.05, 0) is 18.2 Å². The Morgan fingerprint density at radius 2 is 1.80 bits per heavy atom. The third-order valence-corrected chi connectivity index (χ3v) is 2.76. The number of carbonyl (C=O) groups is 3. The maximum Gasteiger partial charge on any atom is 0.326 e. The summed E-state index contributed by atoms with van der Waals surface area (Å²) in [6.07, 6.45) is -0.480. The number of carboxylic acid groups (broad SMARTS) is 1. The Balaban J connectivity index is 2.85. The number of amides is 1. The van der Waals surface area contributed by atoms with Crippen LogP contribution in [0.15, 0.2) is 18.2 Å². The molecule has 0 saturated heterocycles. The molecular weight excluding hydrogens is 309 g/mol. The minimum atomic E-state index is -1.40. The van der Waals surface area contributed by atoms with Crippen LogP contribution >= 0.6 is 23.2 Å².